The van der Waals surface area contributed by atoms with Gasteiger partial charge < -0.3 is 4.74 Å². The molecule has 0 aliphatic heterocycles. The van der Waals surface area contributed by atoms with E-state index in [4.69, 9.17) is 9.15 Å². The van der Waals surface area contributed by atoms with E-state index in [-0.39, 0.29) is 0 Å². The molecule has 0 saturated carbocycles. The summed E-state index contributed by atoms with van der Waals surface area (Å²) in [6, 6.07) is 16.4. The van der Waals surface area contributed by atoms with E-state index in [1.54, 1.807) is 0 Å². The number of hydrogen-bond acceptors (Lipinski definition) is 1. The fourth-order valence-electron chi connectivity index (χ4n) is 2.63. The second kappa shape index (κ2) is 5.57. The molecule has 0 N–H and O–H groups in total. The maximum absolute atomic E-state index is 6.14. The van der Waals surface area contributed by atoms with Crippen molar-refractivity contribution in [3.8, 4) is 17.1 Å². The van der Waals surface area contributed by atoms with Gasteiger partial charge in [-0.3, -0.25) is 0 Å². The molecule has 0 bridgehead atoms. The third-order valence-corrected chi connectivity index (χ3v) is 3.52. The van der Waals surface area contributed by atoms with E-state index < -0.39 is 0 Å². The molecule has 2 heteroatoms. The molecule has 3 rings (SSSR count). The SMILES string of the molecule is CCOc1cc(-c2ccccc2)[o+]c2c(C)cc(C)cc12. The monoisotopic (exact) mass is 279 g/mol. The molecule has 0 aliphatic carbocycles. The molecule has 2 nitrogen and oxygen atoms in total. The van der Waals surface area contributed by atoms with E-state index >= 15 is 0 Å². The van der Waals surface area contributed by atoms with Gasteiger partial charge in [-0.25, -0.2) is 4.42 Å². The highest BCUT2D eigenvalue weighted by Gasteiger charge is 2.21. The normalized spacial score (nSPS) is 10.8. The van der Waals surface area contributed by atoms with Gasteiger partial charge in [0.25, 0.3) is 0 Å². The largest absolute Gasteiger partial charge is 0.493 e. The molecule has 0 unspecified atom stereocenters. The van der Waals surface area contributed by atoms with Crippen LogP contribution in [0.2, 0.25) is 0 Å². The van der Waals surface area contributed by atoms with Crippen molar-refractivity contribution >= 4 is 11.0 Å². The van der Waals surface area contributed by atoms with Crippen LogP contribution in [0, 0.1) is 13.8 Å². The first kappa shape index (κ1) is 13.6. The van der Waals surface area contributed by atoms with Crippen LogP contribution in [0.3, 0.4) is 0 Å². The highest BCUT2D eigenvalue weighted by Crippen LogP contribution is 2.34. The van der Waals surface area contributed by atoms with Crippen LogP contribution >= 0.6 is 0 Å². The zero-order valence-electron chi connectivity index (χ0n) is 12.6. The summed E-state index contributed by atoms with van der Waals surface area (Å²) in [6.07, 6.45) is 0. The Morgan fingerprint density at radius 3 is 2.48 bits per heavy atom. The first-order chi connectivity index (χ1) is 10.2. The summed E-state index contributed by atoms with van der Waals surface area (Å²) in [5.41, 5.74) is 4.29. The van der Waals surface area contributed by atoms with Crippen molar-refractivity contribution in [1.82, 2.24) is 0 Å². The van der Waals surface area contributed by atoms with Crippen LogP contribution in [-0.2, 0) is 0 Å². The van der Waals surface area contributed by atoms with Crippen LogP contribution in [0.5, 0.6) is 5.75 Å². The molecule has 0 aliphatic rings. The number of rotatable bonds is 3. The van der Waals surface area contributed by atoms with Crippen LogP contribution < -0.4 is 4.74 Å². The number of ether oxygens (including phenoxy) is 1. The molecule has 3 aromatic rings. The minimum absolute atomic E-state index is 0.639. The van der Waals surface area contributed by atoms with Crippen molar-refractivity contribution in [1.29, 1.82) is 0 Å². The van der Waals surface area contributed by atoms with E-state index in [1.807, 2.05) is 43.3 Å². The minimum Gasteiger partial charge on any atom is -0.493 e. The molecule has 0 atom stereocenters. The van der Waals surface area contributed by atoms with Gasteiger partial charge in [0.2, 0.25) is 0 Å². The quantitative estimate of drug-likeness (QED) is 0.599. The topological polar surface area (TPSA) is 20.5 Å². The van der Waals surface area contributed by atoms with Gasteiger partial charge in [-0.15, -0.1) is 0 Å². The molecule has 1 heterocycles. The van der Waals surface area contributed by atoms with Gasteiger partial charge in [-0.1, -0.05) is 18.2 Å². The molecule has 0 spiro atoms. The van der Waals surface area contributed by atoms with Gasteiger partial charge in [0.1, 0.15) is 11.1 Å². The fraction of sp³-hybridized carbons (Fsp3) is 0.211. The lowest BCUT2D eigenvalue weighted by Gasteiger charge is -2.05. The Morgan fingerprint density at radius 2 is 1.76 bits per heavy atom. The number of aryl methyl sites for hydroxylation is 2. The maximum atomic E-state index is 6.14. The second-order valence-electron chi connectivity index (χ2n) is 5.23. The number of benzene rings is 2. The lowest BCUT2D eigenvalue weighted by atomic mass is 10.1. The first-order valence-electron chi connectivity index (χ1n) is 7.25. The summed E-state index contributed by atoms with van der Waals surface area (Å²) < 4.78 is 12.0. The molecule has 1 aromatic heterocycles. The van der Waals surface area contributed by atoms with E-state index in [1.165, 1.54) is 5.56 Å². The Morgan fingerprint density at radius 1 is 1.00 bits per heavy atom. The number of hydrogen-bond donors (Lipinski definition) is 0. The van der Waals surface area contributed by atoms with Crippen LogP contribution in [0.1, 0.15) is 18.1 Å². The molecular formula is C19H19O2+. The highest BCUT2D eigenvalue weighted by molar-refractivity contribution is 5.88. The minimum atomic E-state index is 0.639. The molecule has 0 saturated heterocycles. The average molecular weight is 279 g/mol. The molecule has 0 amide bonds. The summed E-state index contributed by atoms with van der Waals surface area (Å²) in [5.74, 6) is 1.71. The smallest absolute Gasteiger partial charge is 0.367 e. The summed E-state index contributed by atoms with van der Waals surface area (Å²) in [6.45, 7) is 6.80. The van der Waals surface area contributed by atoms with Crippen LogP contribution in [0.4, 0.5) is 0 Å². The Labute approximate surface area is 125 Å². The van der Waals surface area contributed by atoms with Crippen molar-refractivity contribution in [2.24, 2.45) is 0 Å². The van der Waals surface area contributed by atoms with Gasteiger partial charge in [0, 0.05) is 0 Å². The van der Waals surface area contributed by atoms with Crippen molar-refractivity contribution in [3.63, 3.8) is 0 Å². The first-order valence-corrected chi connectivity index (χ1v) is 7.25. The summed E-state index contributed by atoms with van der Waals surface area (Å²) in [7, 11) is 0. The predicted molar refractivity (Wildman–Crippen MR) is 86.7 cm³/mol. The Bertz CT molecular complexity index is 776. The van der Waals surface area contributed by atoms with Crippen molar-refractivity contribution in [3.05, 3.63) is 59.7 Å². The Hall–Kier alpha value is -2.35. The summed E-state index contributed by atoms with van der Waals surface area (Å²) in [4.78, 5) is 0. The fourth-order valence-corrected chi connectivity index (χ4v) is 2.63. The summed E-state index contributed by atoms with van der Waals surface area (Å²) in [5, 5.41) is 1.04. The van der Waals surface area contributed by atoms with Gasteiger partial charge in [-0.2, -0.15) is 0 Å². The van der Waals surface area contributed by atoms with Crippen molar-refractivity contribution < 1.29 is 9.15 Å². The predicted octanol–water partition coefficient (Wildman–Crippen LogP) is 5.40. The van der Waals surface area contributed by atoms with Crippen molar-refractivity contribution in [2.75, 3.05) is 6.61 Å². The zero-order chi connectivity index (χ0) is 14.8. The average Bonchev–Trinajstić information content (AvgIpc) is 2.49. The Balaban J connectivity index is 2.29. The molecule has 21 heavy (non-hydrogen) atoms. The van der Waals surface area contributed by atoms with Crippen LogP contribution in [-0.4, -0.2) is 6.61 Å². The third kappa shape index (κ3) is 2.62. The van der Waals surface area contributed by atoms with Crippen LogP contribution in [0.25, 0.3) is 22.3 Å². The van der Waals surface area contributed by atoms with E-state index in [0.29, 0.717) is 6.61 Å². The number of fused-ring (bicyclic) bond motifs is 1. The molecule has 0 fully saturated rings. The molecule has 0 radical (unpaired) electrons. The lowest BCUT2D eigenvalue weighted by molar-refractivity contribution is 0.342. The Kier molecular flexibility index (Phi) is 3.61. The molecule has 106 valence electrons. The van der Waals surface area contributed by atoms with E-state index in [2.05, 4.69) is 26.0 Å². The van der Waals surface area contributed by atoms with Crippen molar-refractivity contribution in [2.45, 2.75) is 20.8 Å². The standard InChI is InChI=1S/C19H19O2/c1-4-20-18-12-17(15-8-6-5-7-9-15)21-19-14(3)10-13(2)11-16(18)19/h5-12H,4H2,1-3H3/q+1. The molecule has 2 aromatic carbocycles. The molecular weight excluding hydrogens is 260 g/mol. The zero-order valence-corrected chi connectivity index (χ0v) is 12.6. The maximum Gasteiger partial charge on any atom is 0.367 e. The van der Waals surface area contributed by atoms with Gasteiger partial charge >= 0.3 is 11.3 Å². The highest BCUT2D eigenvalue weighted by atomic mass is 16.5. The third-order valence-electron chi connectivity index (χ3n) is 3.52. The van der Waals surface area contributed by atoms with E-state index in [9.17, 15) is 0 Å². The van der Waals surface area contributed by atoms with Gasteiger partial charge in [0.15, 0.2) is 0 Å². The van der Waals surface area contributed by atoms with E-state index in [0.717, 1.165) is 33.6 Å². The lowest BCUT2D eigenvalue weighted by Crippen LogP contribution is -1.95. The summed E-state index contributed by atoms with van der Waals surface area (Å²) >= 11 is 0. The van der Waals surface area contributed by atoms with Gasteiger partial charge in [0.05, 0.1) is 23.8 Å². The van der Waals surface area contributed by atoms with Gasteiger partial charge in [-0.05, 0) is 50.6 Å². The second-order valence-corrected chi connectivity index (χ2v) is 5.23. The van der Waals surface area contributed by atoms with Crippen LogP contribution in [0.15, 0.2) is 52.9 Å².